The van der Waals surface area contributed by atoms with Crippen molar-refractivity contribution in [1.82, 2.24) is 9.97 Å². The van der Waals surface area contributed by atoms with Crippen molar-refractivity contribution in [1.29, 1.82) is 0 Å². The first kappa shape index (κ1) is 17.4. The molecule has 0 spiro atoms. The molecule has 0 unspecified atom stereocenters. The van der Waals surface area contributed by atoms with E-state index in [4.69, 9.17) is 0 Å². The smallest absolute Gasteiger partial charge is 0.275 e. The van der Waals surface area contributed by atoms with Crippen LogP contribution < -0.4 is 5.56 Å². The van der Waals surface area contributed by atoms with Crippen LogP contribution in [0, 0.1) is 0 Å². The molecular formula is C23H16N2O3. The number of benzene rings is 3. The number of aromatic amines is 1. The molecule has 0 saturated carbocycles. The van der Waals surface area contributed by atoms with Crippen LogP contribution in [-0.2, 0) is 0 Å². The number of Topliss-reactive ketones (excluding diaryl/α,β-unsaturated/α-hetero) is 1. The number of aromatic hydroxyl groups is 1. The van der Waals surface area contributed by atoms with Gasteiger partial charge in [0.25, 0.3) is 5.56 Å². The lowest BCUT2D eigenvalue weighted by Gasteiger charge is -2.08. The van der Waals surface area contributed by atoms with Gasteiger partial charge in [-0.2, -0.15) is 0 Å². The van der Waals surface area contributed by atoms with E-state index in [1.54, 1.807) is 60.7 Å². The molecule has 0 atom stereocenters. The number of fused-ring (bicyclic) bond motifs is 1. The molecule has 0 saturated heterocycles. The summed E-state index contributed by atoms with van der Waals surface area (Å²) in [7, 11) is 0. The van der Waals surface area contributed by atoms with Crippen molar-refractivity contribution in [2.24, 2.45) is 0 Å². The minimum atomic E-state index is -0.450. The lowest BCUT2D eigenvalue weighted by atomic mass is 9.98. The standard InChI is InChI=1S/C23H16N2O3/c26-17-10-6-7-15(13-17)14-18(22(27)16-8-2-1-3-9-16)21-23(28)25-20-12-5-4-11-19(20)24-21/h1-14,26H,(H,25,28)/b18-14+. The summed E-state index contributed by atoms with van der Waals surface area (Å²) in [6.07, 6.45) is 1.57. The molecule has 1 aromatic heterocycles. The van der Waals surface area contributed by atoms with E-state index in [2.05, 4.69) is 9.97 Å². The molecule has 0 radical (unpaired) electrons. The molecule has 0 bridgehead atoms. The SMILES string of the molecule is O=C(/C(=C/c1cccc(O)c1)c1nc2ccccc2[nH]c1=O)c1ccccc1. The summed E-state index contributed by atoms with van der Waals surface area (Å²) in [5, 5.41) is 9.75. The summed E-state index contributed by atoms with van der Waals surface area (Å²) in [6.45, 7) is 0. The molecule has 1 heterocycles. The van der Waals surface area contributed by atoms with Crippen molar-refractivity contribution in [3.63, 3.8) is 0 Å². The molecule has 0 aliphatic rings. The highest BCUT2D eigenvalue weighted by atomic mass is 16.3. The van der Waals surface area contributed by atoms with E-state index in [9.17, 15) is 14.7 Å². The lowest BCUT2D eigenvalue weighted by molar-refractivity contribution is 0.105. The van der Waals surface area contributed by atoms with Crippen LogP contribution in [0.1, 0.15) is 21.6 Å². The van der Waals surface area contributed by atoms with Gasteiger partial charge in [0.1, 0.15) is 11.4 Å². The average molecular weight is 368 g/mol. The van der Waals surface area contributed by atoms with Crippen molar-refractivity contribution in [3.8, 4) is 5.75 Å². The molecule has 136 valence electrons. The maximum absolute atomic E-state index is 13.2. The Morgan fingerprint density at radius 1 is 0.929 bits per heavy atom. The summed E-state index contributed by atoms with van der Waals surface area (Å²) in [4.78, 5) is 33.1. The molecule has 4 rings (SSSR count). The molecule has 0 aliphatic carbocycles. The third-order valence-electron chi connectivity index (χ3n) is 4.32. The predicted octanol–water partition coefficient (Wildman–Crippen LogP) is 4.05. The number of para-hydroxylation sites is 2. The van der Waals surface area contributed by atoms with Crippen molar-refractivity contribution >= 4 is 28.5 Å². The van der Waals surface area contributed by atoms with Gasteiger partial charge in [-0.25, -0.2) is 4.98 Å². The Morgan fingerprint density at radius 2 is 1.68 bits per heavy atom. The maximum atomic E-state index is 13.2. The minimum Gasteiger partial charge on any atom is -0.508 e. The van der Waals surface area contributed by atoms with E-state index in [1.807, 2.05) is 12.1 Å². The van der Waals surface area contributed by atoms with Gasteiger partial charge in [-0.1, -0.05) is 54.6 Å². The van der Waals surface area contributed by atoms with E-state index >= 15 is 0 Å². The Bertz CT molecular complexity index is 1260. The Balaban J connectivity index is 1.94. The Labute approximate surface area is 160 Å². The predicted molar refractivity (Wildman–Crippen MR) is 109 cm³/mol. The van der Waals surface area contributed by atoms with Gasteiger partial charge >= 0.3 is 0 Å². The summed E-state index contributed by atoms with van der Waals surface area (Å²) < 4.78 is 0. The first-order valence-corrected chi connectivity index (χ1v) is 8.72. The molecule has 0 amide bonds. The zero-order chi connectivity index (χ0) is 19.5. The van der Waals surface area contributed by atoms with Crippen LogP contribution in [0.5, 0.6) is 5.75 Å². The molecule has 5 heteroatoms. The third-order valence-corrected chi connectivity index (χ3v) is 4.32. The number of hydrogen-bond donors (Lipinski definition) is 2. The number of phenols is 1. The average Bonchev–Trinajstić information content (AvgIpc) is 2.72. The van der Waals surface area contributed by atoms with E-state index < -0.39 is 5.56 Å². The number of nitrogens with zero attached hydrogens (tertiary/aromatic N) is 1. The molecule has 5 nitrogen and oxygen atoms in total. The largest absolute Gasteiger partial charge is 0.508 e. The Hall–Kier alpha value is -3.99. The fourth-order valence-corrected chi connectivity index (χ4v) is 2.98. The van der Waals surface area contributed by atoms with Crippen LogP contribution in [0.3, 0.4) is 0 Å². The number of rotatable bonds is 4. The zero-order valence-electron chi connectivity index (χ0n) is 14.8. The summed E-state index contributed by atoms with van der Waals surface area (Å²) in [6, 6.07) is 22.3. The van der Waals surface area contributed by atoms with Crippen molar-refractivity contribution in [2.45, 2.75) is 0 Å². The number of allylic oxidation sites excluding steroid dienone is 1. The van der Waals surface area contributed by atoms with Crippen LogP contribution in [0.4, 0.5) is 0 Å². The van der Waals surface area contributed by atoms with Gasteiger partial charge in [0, 0.05) is 5.56 Å². The molecule has 28 heavy (non-hydrogen) atoms. The third kappa shape index (κ3) is 3.46. The van der Waals surface area contributed by atoms with Crippen LogP contribution in [0.25, 0.3) is 22.7 Å². The number of nitrogens with one attached hydrogen (secondary N) is 1. The van der Waals surface area contributed by atoms with Gasteiger partial charge in [-0.15, -0.1) is 0 Å². The van der Waals surface area contributed by atoms with Crippen molar-refractivity contribution in [3.05, 3.63) is 106 Å². The molecule has 0 fully saturated rings. The number of aromatic nitrogens is 2. The van der Waals surface area contributed by atoms with Gasteiger partial charge in [0.15, 0.2) is 5.78 Å². The molecule has 0 aliphatic heterocycles. The number of carbonyl (C=O) groups excluding carboxylic acids is 1. The van der Waals surface area contributed by atoms with Crippen molar-refractivity contribution in [2.75, 3.05) is 0 Å². The second-order valence-corrected chi connectivity index (χ2v) is 6.28. The molecular weight excluding hydrogens is 352 g/mol. The topological polar surface area (TPSA) is 83.0 Å². The fraction of sp³-hybridized carbons (Fsp3) is 0. The van der Waals surface area contributed by atoms with Crippen LogP contribution in [-0.4, -0.2) is 20.9 Å². The first-order valence-electron chi connectivity index (χ1n) is 8.72. The highest BCUT2D eigenvalue weighted by Crippen LogP contribution is 2.22. The summed E-state index contributed by atoms with van der Waals surface area (Å²) in [5.74, 6) is -0.252. The van der Waals surface area contributed by atoms with Crippen LogP contribution in [0.15, 0.2) is 83.7 Å². The van der Waals surface area contributed by atoms with Gasteiger partial charge in [0.2, 0.25) is 0 Å². The van der Waals surface area contributed by atoms with Gasteiger partial charge in [-0.05, 0) is 35.9 Å². The van der Waals surface area contributed by atoms with Gasteiger partial charge in [0.05, 0.1) is 16.6 Å². The summed E-state index contributed by atoms with van der Waals surface area (Å²) >= 11 is 0. The van der Waals surface area contributed by atoms with E-state index in [-0.39, 0.29) is 22.8 Å². The Kier molecular flexibility index (Phi) is 4.56. The second kappa shape index (κ2) is 7.32. The summed E-state index contributed by atoms with van der Waals surface area (Å²) in [5.41, 5.74) is 1.96. The lowest BCUT2D eigenvalue weighted by Crippen LogP contribution is -2.18. The van der Waals surface area contributed by atoms with E-state index in [0.29, 0.717) is 22.2 Å². The quantitative estimate of drug-likeness (QED) is 0.420. The fourth-order valence-electron chi connectivity index (χ4n) is 2.98. The number of hydrogen-bond acceptors (Lipinski definition) is 4. The number of ketones is 1. The van der Waals surface area contributed by atoms with Crippen molar-refractivity contribution < 1.29 is 9.90 Å². The normalized spacial score (nSPS) is 11.5. The molecule has 2 N–H and O–H groups in total. The van der Waals surface area contributed by atoms with Crippen LogP contribution >= 0.6 is 0 Å². The highest BCUT2D eigenvalue weighted by Gasteiger charge is 2.19. The van der Waals surface area contributed by atoms with Gasteiger partial charge in [-0.3, -0.25) is 9.59 Å². The zero-order valence-corrected chi connectivity index (χ0v) is 14.8. The van der Waals surface area contributed by atoms with E-state index in [1.165, 1.54) is 12.1 Å². The monoisotopic (exact) mass is 368 g/mol. The second-order valence-electron chi connectivity index (χ2n) is 6.28. The highest BCUT2D eigenvalue weighted by molar-refractivity contribution is 6.32. The molecule has 4 aromatic rings. The number of H-pyrrole nitrogens is 1. The van der Waals surface area contributed by atoms with E-state index in [0.717, 1.165) is 0 Å². The molecule has 3 aromatic carbocycles. The number of carbonyl (C=O) groups is 1. The minimum absolute atomic E-state index is 0.0379. The Morgan fingerprint density at radius 3 is 2.46 bits per heavy atom. The van der Waals surface area contributed by atoms with Gasteiger partial charge < -0.3 is 10.1 Å². The number of phenolic OH excluding ortho intramolecular Hbond substituents is 1. The first-order chi connectivity index (χ1) is 13.6. The maximum Gasteiger partial charge on any atom is 0.275 e. The van der Waals surface area contributed by atoms with Crippen LogP contribution in [0.2, 0.25) is 0 Å².